The number of aryl methyl sites for hydroxylation is 1. The zero-order chi connectivity index (χ0) is 21.3. The van der Waals surface area contributed by atoms with Crippen LogP contribution < -0.4 is 9.64 Å². The third-order valence-corrected chi connectivity index (χ3v) is 5.21. The lowest BCUT2D eigenvalue weighted by Crippen LogP contribution is -2.29. The Morgan fingerprint density at radius 3 is 2.30 bits per heavy atom. The number of carbonyl (C=O) groups excluding carboxylic acids is 2. The van der Waals surface area contributed by atoms with E-state index in [0.717, 1.165) is 5.56 Å². The number of amides is 1. The Balaban J connectivity index is 1.95. The second-order valence-corrected chi connectivity index (χ2v) is 7.15. The van der Waals surface area contributed by atoms with E-state index in [2.05, 4.69) is 0 Å². The Kier molecular flexibility index (Phi) is 5.11. The monoisotopic (exact) mass is 399 g/mol. The van der Waals surface area contributed by atoms with Crippen LogP contribution in [0.1, 0.15) is 22.7 Å². The van der Waals surface area contributed by atoms with Gasteiger partial charge in [0.1, 0.15) is 11.5 Å². The van der Waals surface area contributed by atoms with Crippen LogP contribution in [0.3, 0.4) is 0 Å². The molecule has 3 aromatic carbocycles. The van der Waals surface area contributed by atoms with E-state index in [0.29, 0.717) is 22.6 Å². The van der Waals surface area contributed by atoms with E-state index in [4.69, 9.17) is 4.74 Å². The zero-order valence-corrected chi connectivity index (χ0v) is 16.7. The minimum Gasteiger partial charge on any atom is -0.507 e. The first-order valence-corrected chi connectivity index (χ1v) is 9.58. The fourth-order valence-electron chi connectivity index (χ4n) is 3.68. The Morgan fingerprint density at radius 1 is 0.933 bits per heavy atom. The van der Waals surface area contributed by atoms with Crippen molar-refractivity contribution < 1.29 is 19.4 Å². The molecule has 1 fully saturated rings. The zero-order valence-electron chi connectivity index (χ0n) is 16.7. The molecule has 1 heterocycles. The van der Waals surface area contributed by atoms with Gasteiger partial charge in [-0.2, -0.15) is 0 Å². The molecule has 0 spiro atoms. The number of methoxy groups -OCH3 is 1. The third kappa shape index (κ3) is 3.35. The van der Waals surface area contributed by atoms with Crippen molar-refractivity contribution >= 4 is 23.1 Å². The third-order valence-electron chi connectivity index (χ3n) is 5.21. The number of hydrogen-bond acceptors (Lipinski definition) is 4. The van der Waals surface area contributed by atoms with Gasteiger partial charge in [-0.05, 0) is 36.8 Å². The van der Waals surface area contributed by atoms with Gasteiger partial charge in [0.05, 0.1) is 18.7 Å². The number of nitrogens with zero attached hydrogens (tertiary/aromatic N) is 1. The van der Waals surface area contributed by atoms with Crippen LogP contribution in [0, 0.1) is 6.92 Å². The van der Waals surface area contributed by atoms with Gasteiger partial charge in [-0.1, -0.05) is 60.2 Å². The van der Waals surface area contributed by atoms with Crippen molar-refractivity contribution in [3.05, 3.63) is 101 Å². The maximum Gasteiger partial charge on any atom is 0.300 e. The van der Waals surface area contributed by atoms with Crippen LogP contribution in [0.15, 0.2) is 84.4 Å². The van der Waals surface area contributed by atoms with Crippen molar-refractivity contribution in [1.29, 1.82) is 0 Å². The maximum atomic E-state index is 13.1. The van der Waals surface area contributed by atoms with Crippen molar-refractivity contribution in [2.45, 2.75) is 13.0 Å². The first kappa shape index (κ1) is 19.5. The SMILES string of the molecule is COc1cccc(C2/C(=C(/O)c3ccc(C)cc3)C(=O)C(=O)N2c2ccccc2)c1. The highest BCUT2D eigenvalue weighted by Crippen LogP contribution is 2.42. The molecule has 1 amide bonds. The number of Topliss-reactive ketones (excluding diaryl/α,β-unsaturated/α-hetero) is 1. The van der Waals surface area contributed by atoms with Crippen LogP contribution in [0.5, 0.6) is 5.75 Å². The minimum atomic E-state index is -0.774. The predicted octanol–water partition coefficient (Wildman–Crippen LogP) is 4.63. The number of anilines is 1. The van der Waals surface area contributed by atoms with Crippen molar-refractivity contribution in [2.75, 3.05) is 12.0 Å². The maximum absolute atomic E-state index is 13.1. The average molecular weight is 399 g/mol. The summed E-state index contributed by atoms with van der Waals surface area (Å²) in [6, 6.07) is 22.6. The number of hydrogen-bond donors (Lipinski definition) is 1. The molecule has 5 nitrogen and oxygen atoms in total. The highest BCUT2D eigenvalue weighted by Gasteiger charge is 2.47. The van der Waals surface area contributed by atoms with Crippen LogP contribution >= 0.6 is 0 Å². The number of rotatable bonds is 4. The largest absolute Gasteiger partial charge is 0.507 e. The van der Waals surface area contributed by atoms with Gasteiger partial charge in [0, 0.05) is 11.3 Å². The summed E-state index contributed by atoms with van der Waals surface area (Å²) >= 11 is 0. The van der Waals surface area contributed by atoms with E-state index in [1.165, 1.54) is 4.90 Å². The van der Waals surface area contributed by atoms with Crippen LogP contribution in [0.4, 0.5) is 5.69 Å². The molecule has 0 radical (unpaired) electrons. The highest BCUT2D eigenvalue weighted by atomic mass is 16.5. The lowest BCUT2D eigenvalue weighted by molar-refractivity contribution is -0.132. The summed E-state index contributed by atoms with van der Waals surface area (Å²) in [5.41, 5.74) is 2.82. The van der Waals surface area contributed by atoms with Crippen LogP contribution in [-0.2, 0) is 9.59 Å². The molecule has 1 aliphatic rings. The number of aliphatic hydroxyl groups is 1. The van der Waals surface area contributed by atoms with Gasteiger partial charge in [0.2, 0.25) is 0 Å². The van der Waals surface area contributed by atoms with E-state index in [-0.39, 0.29) is 11.3 Å². The lowest BCUT2D eigenvalue weighted by atomic mass is 9.94. The Morgan fingerprint density at radius 2 is 1.63 bits per heavy atom. The molecule has 1 atom stereocenters. The molecule has 3 aromatic rings. The van der Waals surface area contributed by atoms with Gasteiger partial charge in [0.25, 0.3) is 11.7 Å². The van der Waals surface area contributed by atoms with E-state index >= 15 is 0 Å². The lowest BCUT2D eigenvalue weighted by Gasteiger charge is -2.25. The molecule has 1 unspecified atom stereocenters. The first-order chi connectivity index (χ1) is 14.5. The Bertz CT molecular complexity index is 1130. The van der Waals surface area contributed by atoms with E-state index in [1.54, 1.807) is 61.7 Å². The van der Waals surface area contributed by atoms with E-state index in [9.17, 15) is 14.7 Å². The van der Waals surface area contributed by atoms with Gasteiger partial charge in [-0.15, -0.1) is 0 Å². The molecule has 5 heteroatoms. The molecule has 1 saturated heterocycles. The minimum absolute atomic E-state index is 0.0564. The standard InChI is InChI=1S/C25H21NO4/c1-16-11-13-17(14-12-16)23(27)21-22(18-7-6-10-20(15-18)30-2)26(25(29)24(21)28)19-8-4-3-5-9-19/h3-15,22,27H,1-2H3/b23-21-. The second-order valence-electron chi connectivity index (χ2n) is 7.15. The Labute approximate surface area is 174 Å². The molecule has 0 aliphatic carbocycles. The molecule has 30 heavy (non-hydrogen) atoms. The van der Waals surface area contributed by atoms with Crippen LogP contribution in [0.2, 0.25) is 0 Å². The number of ketones is 1. The summed E-state index contributed by atoms with van der Waals surface area (Å²) in [6.07, 6.45) is 0. The predicted molar refractivity (Wildman–Crippen MR) is 115 cm³/mol. The number of carbonyl (C=O) groups is 2. The number of para-hydroxylation sites is 1. The molecular weight excluding hydrogens is 378 g/mol. The van der Waals surface area contributed by atoms with Crippen LogP contribution in [-0.4, -0.2) is 23.9 Å². The molecule has 150 valence electrons. The summed E-state index contributed by atoms with van der Waals surface area (Å²) in [6.45, 7) is 1.94. The molecule has 0 aromatic heterocycles. The summed E-state index contributed by atoms with van der Waals surface area (Å²) < 4.78 is 5.34. The summed E-state index contributed by atoms with van der Waals surface area (Å²) in [5.74, 6) is -0.992. The van der Waals surface area contributed by atoms with Gasteiger partial charge >= 0.3 is 0 Å². The van der Waals surface area contributed by atoms with Gasteiger partial charge in [0.15, 0.2) is 0 Å². The fraction of sp³-hybridized carbons (Fsp3) is 0.120. The molecule has 0 bridgehead atoms. The Hall–Kier alpha value is -3.86. The first-order valence-electron chi connectivity index (χ1n) is 9.58. The highest BCUT2D eigenvalue weighted by molar-refractivity contribution is 6.51. The van der Waals surface area contributed by atoms with Crippen molar-refractivity contribution in [3.8, 4) is 5.75 Å². The summed E-state index contributed by atoms with van der Waals surface area (Å²) in [4.78, 5) is 27.5. The number of aliphatic hydroxyl groups excluding tert-OH is 1. The fourth-order valence-corrected chi connectivity index (χ4v) is 3.68. The van der Waals surface area contributed by atoms with E-state index in [1.807, 2.05) is 31.2 Å². The van der Waals surface area contributed by atoms with Gasteiger partial charge in [-0.3, -0.25) is 14.5 Å². The van der Waals surface area contributed by atoms with Gasteiger partial charge < -0.3 is 9.84 Å². The molecule has 1 N–H and O–H groups in total. The average Bonchev–Trinajstić information content (AvgIpc) is 3.05. The second kappa shape index (κ2) is 7.87. The van der Waals surface area contributed by atoms with E-state index < -0.39 is 17.7 Å². The normalized spacial score (nSPS) is 17.9. The van der Waals surface area contributed by atoms with Crippen LogP contribution in [0.25, 0.3) is 5.76 Å². The van der Waals surface area contributed by atoms with Crippen molar-refractivity contribution in [3.63, 3.8) is 0 Å². The summed E-state index contributed by atoms with van der Waals surface area (Å²) in [7, 11) is 1.56. The quantitative estimate of drug-likeness (QED) is 0.395. The number of ether oxygens (including phenoxy) is 1. The molecule has 4 rings (SSSR count). The topological polar surface area (TPSA) is 66.8 Å². The molecular formula is C25H21NO4. The number of benzene rings is 3. The molecule has 0 saturated carbocycles. The van der Waals surface area contributed by atoms with Crippen molar-refractivity contribution in [2.24, 2.45) is 0 Å². The summed E-state index contributed by atoms with van der Waals surface area (Å²) in [5, 5.41) is 11.1. The van der Waals surface area contributed by atoms with Gasteiger partial charge in [-0.25, -0.2) is 0 Å². The smallest absolute Gasteiger partial charge is 0.300 e. The van der Waals surface area contributed by atoms with Crippen molar-refractivity contribution in [1.82, 2.24) is 0 Å². The molecule has 1 aliphatic heterocycles.